The molecule has 4 heterocycles. The fourth-order valence-electron chi connectivity index (χ4n) is 4.15. The number of carbonyl (C=O) groups is 1. The Kier molecular flexibility index (Phi) is 4.57. The largest absolute Gasteiger partial charge is 0.464 e. The maximum Gasteiger partial charge on any atom is 0.239 e. The summed E-state index contributed by atoms with van der Waals surface area (Å²) in [5, 5.41) is 12.2. The van der Waals surface area contributed by atoms with Crippen molar-refractivity contribution in [2.75, 3.05) is 7.05 Å². The van der Waals surface area contributed by atoms with Gasteiger partial charge in [-0.3, -0.25) is 14.7 Å². The zero-order valence-electron chi connectivity index (χ0n) is 17.4. The van der Waals surface area contributed by atoms with E-state index < -0.39 is 11.5 Å². The van der Waals surface area contributed by atoms with Gasteiger partial charge in [0, 0.05) is 35.3 Å². The number of nitrogens with zero attached hydrogens (tertiary/aromatic N) is 4. The predicted octanol–water partition coefficient (Wildman–Crippen LogP) is 4.21. The maximum absolute atomic E-state index is 13.5. The van der Waals surface area contributed by atoms with Crippen LogP contribution in [0.15, 0.2) is 69.8 Å². The number of amides is 1. The molecule has 0 fully saturated rings. The smallest absolute Gasteiger partial charge is 0.239 e. The van der Waals surface area contributed by atoms with Crippen LogP contribution in [0.1, 0.15) is 28.8 Å². The molecule has 0 bridgehead atoms. The van der Waals surface area contributed by atoms with Crippen molar-refractivity contribution < 1.29 is 9.21 Å². The third kappa shape index (κ3) is 3.06. The zero-order valence-corrected chi connectivity index (χ0v) is 18.3. The summed E-state index contributed by atoms with van der Waals surface area (Å²) in [6.45, 7) is 1.93. The number of likely N-dealkylation sites (N-methyl/N-ethyl adjacent to an activating group) is 1. The van der Waals surface area contributed by atoms with Crippen LogP contribution in [0, 0.1) is 11.3 Å². The first kappa shape index (κ1) is 20.0. The fourth-order valence-corrected chi connectivity index (χ4v) is 5.21. The molecule has 0 aliphatic carbocycles. The highest BCUT2D eigenvalue weighted by Gasteiger charge is 2.48. The van der Waals surface area contributed by atoms with Gasteiger partial charge in [-0.1, -0.05) is 12.1 Å². The number of thiophene rings is 1. The van der Waals surface area contributed by atoms with Crippen molar-refractivity contribution >= 4 is 34.2 Å². The molecule has 2 N–H and O–H groups in total. The summed E-state index contributed by atoms with van der Waals surface area (Å²) in [4.78, 5) is 24.7. The van der Waals surface area contributed by atoms with Crippen molar-refractivity contribution in [1.29, 1.82) is 5.26 Å². The van der Waals surface area contributed by atoms with Crippen LogP contribution in [0.25, 0.3) is 22.1 Å². The van der Waals surface area contributed by atoms with Crippen LogP contribution in [-0.2, 0) is 10.3 Å². The normalized spacial score (nSPS) is 20.9. The predicted molar refractivity (Wildman–Crippen MR) is 123 cm³/mol. The number of benzene rings is 1. The summed E-state index contributed by atoms with van der Waals surface area (Å²) in [6, 6.07) is 13.6. The average Bonchev–Trinajstić information content (AvgIpc) is 3.47. The highest BCUT2D eigenvalue weighted by Crippen LogP contribution is 2.47. The summed E-state index contributed by atoms with van der Waals surface area (Å²) in [6.07, 6.45) is 4.88. The van der Waals surface area contributed by atoms with Gasteiger partial charge in [0.05, 0.1) is 17.7 Å². The number of hydrogen-bond donors (Lipinski definition) is 1. The van der Waals surface area contributed by atoms with E-state index in [1.807, 2.05) is 42.6 Å². The number of fused-ring (bicyclic) bond motifs is 1. The molecule has 1 amide bonds. The first-order valence-corrected chi connectivity index (χ1v) is 10.8. The van der Waals surface area contributed by atoms with Gasteiger partial charge in [-0.15, -0.1) is 11.3 Å². The third-order valence-electron chi connectivity index (χ3n) is 5.94. The van der Waals surface area contributed by atoms with E-state index in [9.17, 15) is 10.1 Å². The van der Waals surface area contributed by atoms with Crippen LogP contribution in [0.3, 0.4) is 0 Å². The monoisotopic (exact) mass is 441 g/mol. The second-order valence-electron chi connectivity index (χ2n) is 7.94. The molecule has 32 heavy (non-hydrogen) atoms. The number of aromatic nitrogens is 1. The van der Waals surface area contributed by atoms with Crippen molar-refractivity contribution in [2.24, 2.45) is 10.7 Å². The van der Waals surface area contributed by atoms with Gasteiger partial charge >= 0.3 is 0 Å². The lowest BCUT2D eigenvalue weighted by Gasteiger charge is -2.40. The molecule has 0 spiro atoms. The Morgan fingerprint density at radius 1 is 1.22 bits per heavy atom. The van der Waals surface area contributed by atoms with E-state index in [1.54, 1.807) is 25.6 Å². The quantitative estimate of drug-likeness (QED) is 0.512. The van der Waals surface area contributed by atoms with Gasteiger partial charge in [-0.25, -0.2) is 4.99 Å². The topological polar surface area (TPSA) is 109 Å². The van der Waals surface area contributed by atoms with E-state index in [0.717, 1.165) is 27.0 Å². The van der Waals surface area contributed by atoms with E-state index >= 15 is 0 Å². The Morgan fingerprint density at radius 2 is 2.06 bits per heavy atom. The van der Waals surface area contributed by atoms with E-state index in [2.05, 4.69) is 11.1 Å². The molecular weight excluding hydrogens is 422 g/mol. The van der Waals surface area contributed by atoms with Gasteiger partial charge in [0.2, 0.25) is 5.91 Å². The Balaban J connectivity index is 1.64. The molecule has 8 heteroatoms. The Bertz CT molecular complexity index is 1430. The lowest BCUT2D eigenvalue weighted by Crippen LogP contribution is -2.52. The summed E-state index contributed by atoms with van der Waals surface area (Å²) in [5.74, 6) is -0.533. The molecule has 1 aliphatic heterocycles. The minimum absolute atomic E-state index is 0.131. The van der Waals surface area contributed by atoms with Crippen LogP contribution in [-0.4, -0.2) is 28.8 Å². The van der Waals surface area contributed by atoms with Gasteiger partial charge in [-0.05, 0) is 47.7 Å². The first-order valence-electron chi connectivity index (χ1n) is 9.95. The minimum Gasteiger partial charge on any atom is -0.464 e. The van der Waals surface area contributed by atoms with Gasteiger partial charge in [0.1, 0.15) is 17.2 Å². The highest BCUT2D eigenvalue weighted by molar-refractivity contribution is 7.10. The Morgan fingerprint density at radius 3 is 2.88 bits per heavy atom. The number of nitriles is 1. The number of furan rings is 1. The molecule has 158 valence electrons. The molecule has 1 aromatic carbocycles. The molecule has 2 atom stereocenters. The number of aliphatic imine (C=N–C) groups is 1. The number of hydrogen-bond acceptors (Lipinski definition) is 7. The van der Waals surface area contributed by atoms with Gasteiger partial charge in [0.25, 0.3) is 0 Å². The standard InChI is InChI=1S/C24H19N5O2S/c1-24(20-9-18(13-32-20)17-7-14(10-25)11-27-12-17)21(22(30)29(2)23(26)28-24)16-4-3-15-5-6-31-19(15)8-16/h3-9,11-13,21H,1-2H3,(H2,26,28)/t21?,24-/m1/s1. The second-order valence-corrected chi connectivity index (χ2v) is 8.85. The molecule has 0 saturated heterocycles. The van der Waals surface area contributed by atoms with Crippen molar-refractivity contribution in [3.05, 3.63) is 76.4 Å². The highest BCUT2D eigenvalue weighted by atomic mass is 32.1. The van der Waals surface area contributed by atoms with Crippen molar-refractivity contribution in [2.45, 2.75) is 18.4 Å². The van der Waals surface area contributed by atoms with Crippen LogP contribution in [0.4, 0.5) is 0 Å². The SMILES string of the molecule is CN1C(=O)C(c2ccc3ccoc3c2)[C@@](C)(c2cc(-c3cncc(C#N)c3)cs2)N=C1N. The number of nitrogens with two attached hydrogens (primary N) is 1. The molecule has 4 aromatic rings. The lowest BCUT2D eigenvalue weighted by atomic mass is 9.77. The number of carbonyl (C=O) groups excluding carboxylic acids is 1. The van der Waals surface area contributed by atoms with Crippen molar-refractivity contribution in [1.82, 2.24) is 9.88 Å². The number of pyridine rings is 1. The Labute approximate surface area is 188 Å². The van der Waals surface area contributed by atoms with E-state index in [4.69, 9.17) is 15.1 Å². The molecule has 7 nitrogen and oxygen atoms in total. The maximum atomic E-state index is 13.5. The molecule has 3 aromatic heterocycles. The zero-order chi connectivity index (χ0) is 22.5. The summed E-state index contributed by atoms with van der Waals surface area (Å²) in [5.41, 5.74) is 9.00. The lowest BCUT2D eigenvalue weighted by molar-refractivity contribution is -0.130. The second kappa shape index (κ2) is 7.32. The van der Waals surface area contributed by atoms with Crippen LogP contribution >= 0.6 is 11.3 Å². The van der Waals surface area contributed by atoms with E-state index in [1.165, 1.54) is 22.4 Å². The molecule has 5 rings (SSSR count). The first-order chi connectivity index (χ1) is 15.4. The molecule has 0 saturated carbocycles. The summed E-state index contributed by atoms with van der Waals surface area (Å²) >= 11 is 1.50. The van der Waals surface area contributed by atoms with Gasteiger partial charge in [0.15, 0.2) is 5.96 Å². The van der Waals surface area contributed by atoms with Crippen molar-refractivity contribution in [3.8, 4) is 17.2 Å². The minimum atomic E-state index is -0.906. The van der Waals surface area contributed by atoms with Gasteiger partial charge in [-0.2, -0.15) is 5.26 Å². The van der Waals surface area contributed by atoms with Gasteiger partial charge < -0.3 is 10.2 Å². The number of guanidine groups is 1. The van der Waals surface area contributed by atoms with Crippen LogP contribution in [0.2, 0.25) is 0 Å². The molecule has 1 aliphatic rings. The summed E-state index contributed by atoms with van der Waals surface area (Å²) in [7, 11) is 1.64. The van der Waals surface area contributed by atoms with Crippen molar-refractivity contribution in [3.63, 3.8) is 0 Å². The Hall–Kier alpha value is -3.96. The molecule has 1 unspecified atom stereocenters. The average molecular weight is 442 g/mol. The molecule has 0 radical (unpaired) electrons. The van der Waals surface area contributed by atoms with Crippen LogP contribution in [0.5, 0.6) is 0 Å². The molecular formula is C24H19N5O2S. The van der Waals surface area contributed by atoms with E-state index in [-0.39, 0.29) is 11.9 Å². The summed E-state index contributed by atoms with van der Waals surface area (Å²) < 4.78 is 5.57. The fraction of sp³-hybridized carbons (Fsp3) is 0.167. The van der Waals surface area contributed by atoms with Crippen LogP contribution < -0.4 is 5.73 Å². The van der Waals surface area contributed by atoms with E-state index in [0.29, 0.717) is 11.1 Å². The number of rotatable bonds is 3. The third-order valence-corrected chi connectivity index (χ3v) is 7.10.